The Hall–Kier alpha value is -1.59. The number of anilines is 1. The molecule has 2 rings (SSSR count). The molecule has 1 saturated heterocycles. The van der Waals surface area contributed by atoms with Gasteiger partial charge < -0.3 is 10.2 Å². The Labute approximate surface area is 155 Å². The first-order chi connectivity index (χ1) is 11.8. The molecular weight excluding hydrogens is 338 g/mol. The number of carbonyl (C=O) groups is 2. The monoisotopic (exact) mass is 365 g/mol. The molecule has 1 N–H and O–H groups in total. The van der Waals surface area contributed by atoms with Crippen LogP contribution in [0.1, 0.15) is 27.2 Å². The molecule has 6 heteroatoms. The molecular formula is C19H28ClN3O2. The van der Waals surface area contributed by atoms with Crippen LogP contribution in [0.4, 0.5) is 5.69 Å². The Bertz CT molecular complexity index is 595. The summed E-state index contributed by atoms with van der Waals surface area (Å²) in [5.74, 6) is 1.00. The normalized spacial score (nSPS) is 21.9. The van der Waals surface area contributed by atoms with E-state index in [4.69, 9.17) is 11.6 Å². The first-order valence-electron chi connectivity index (χ1n) is 8.80. The molecule has 0 aliphatic carbocycles. The molecule has 5 nitrogen and oxygen atoms in total. The summed E-state index contributed by atoms with van der Waals surface area (Å²) < 4.78 is 0. The maximum Gasteiger partial charge on any atom is 0.239 e. The van der Waals surface area contributed by atoms with Crippen LogP contribution in [0, 0.1) is 11.8 Å². The van der Waals surface area contributed by atoms with Gasteiger partial charge in [0.1, 0.15) is 0 Å². The van der Waals surface area contributed by atoms with Gasteiger partial charge in [0.2, 0.25) is 11.8 Å². The van der Waals surface area contributed by atoms with Crippen molar-refractivity contribution in [3.63, 3.8) is 0 Å². The van der Waals surface area contributed by atoms with Crippen LogP contribution < -0.4 is 5.32 Å². The van der Waals surface area contributed by atoms with Crippen LogP contribution in [0.5, 0.6) is 0 Å². The highest BCUT2D eigenvalue weighted by molar-refractivity contribution is 6.30. The van der Waals surface area contributed by atoms with Gasteiger partial charge in [-0.1, -0.05) is 25.4 Å². The lowest BCUT2D eigenvalue weighted by atomic mass is 9.91. The van der Waals surface area contributed by atoms with Crippen molar-refractivity contribution in [3.05, 3.63) is 29.3 Å². The Morgan fingerprint density at radius 1 is 1.24 bits per heavy atom. The second kappa shape index (κ2) is 8.68. The number of halogens is 1. The predicted octanol–water partition coefficient (Wildman–Crippen LogP) is 3.10. The van der Waals surface area contributed by atoms with E-state index in [0.29, 0.717) is 22.5 Å². The van der Waals surface area contributed by atoms with E-state index >= 15 is 0 Å². The van der Waals surface area contributed by atoms with E-state index < -0.39 is 0 Å². The SMILES string of the molecule is C[C@@H]1C[C@H](C)CN(C(=O)[C@@H](C)N(C)CC(=O)Nc2ccc(Cl)cc2)C1. The molecule has 25 heavy (non-hydrogen) atoms. The summed E-state index contributed by atoms with van der Waals surface area (Å²) in [5, 5.41) is 3.45. The topological polar surface area (TPSA) is 52.7 Å². The van der Waals surface area contributed by atoms with Gasteiger partial charge in [-0.05, 0) is 56.5 Å². The fourth-order valence-electron chi connectivity index (χ4n) is 3.39. The van der Waals surface area contributed by atoms with E-state index in [1.54, 1.807) is 36.2 Å². The van der Waals surface area contributed by atoms with Crippen molar-refractivity contribution in [2.45, 2.75) is 33.2 Å². The van der Waals surface area contributed by atoms with Gasteiger partial charge in [-0.25, -0.2) is 0 Å². The minimum atomic E-state index is -0.325. The number of hydrogen-bond acceptors (Lipinski definition) is 3. The standard InChI is InChI=1S/C19H28ClN3O2/c1-13-9-14(2)11-23(10-13)19(25)15(3)22(4)12-18(24)21-17-7-5-16(20)6-8-17/h5-8,13-15H,9-12H2,1-4H3,(H,21,24)/t13-,14+,15-/m1/s1. The van der Waals surface area contributed by atoms with Crippen molar-refractivity contribution >= 4 is 29.1 Å². The number of likely N-dealkylation sites (N-methyl/N-ethyl adjacent to an activating group) is 1. The number of carbonyl (C=O) groups excluding carboxylic acids is 2. The van der Waals surface area contributed by atoms with E-state index in [1.807, 2.05) is 11.8 Å². The molecule has 1 heterocycles. The highest BCUT2D eigenvalue weighted by atomic mass is 35.5. The van der Waals surface area contributed by atoms with Crippen LogP contribution in [-0.4, -0.2) is 54.3 Å². The van der Waals surface area contributed by atoms with Crippen molar-refractivity contribution in [1.29, 1.82) is 0 Å². The van der Waals surface area contributed by atoms with Crippen molar-refractivity contribution in [1.82, 2.24) is 9.80 Å². The average molecular weight is 366 g/mol. The summed E-state index contributed by atoms with van der Waals surface area (Å²) in [6, 6.07) is 6.64. The Kier molecular flexibility index (Phi) is 6.85. The highest BCUT2D eigenvalue weighted by Crippen LogP contribution is 2.22. The summed E-state index contributed by atoms with van der Waals surface area (Å²) in [7, 11) is 1.81. The maximum atomic E-state index is 12.7. The van der Waals surface area contributed by atoms with Crippen LogP contribution in [0.3, 0.4) is 0 Å². The lowest BCUT2D eigenvalue weighted by Gasteiger charge is -2.38. The molecule has 1 aliphatic rings. The molecule has 3 atom stereocenters. The van der Waals surface area contributed by atoms with Gasteiger partial charge in [0.25, 0.3) is 0 Å². The molecule has 1 fully saturated rings. The second-order valence-electron chi connectivity index (χ2n) is 7.34. The summed E-state index contributed by atoms with van der Waals surface area (Å²) in [6.07, 6.45) is 1.16. The third kappa shape index (κ3) is 5.72. The van der Waals surface area contributed by atoms with Crippen LogP contribution in [0.25, 0.3) is 0 Å². The molecule has 1 aromatic carbocycles. The molecule has 2 amide bonds. The van der Waals surface area contributed by atoms with Crippen LogP contribution in [0.2, 0.25) is 5.02 Å². The zero-order valence-electron chi connectivity index (χ0n) is 15.5. The fraction of sp³-hybridized carbons (Fsp3) is 0.579. The summed E-state index contributed by atoms with van der Waals surface area (Å²) in [4.78, 5) is 28.7. The Morgan fingerprint density at radius 2 is 1.80 bits per heavy atom. The summed E-state index contributed by atoms with van der Waals surface area (Å²) in [6.45, 7) is 8.00. The molecule has 1 aliphatic heterocycles. The molecule has 0 spiro atoms. The first kappa shape index (κ1) is 19.7. The van der Waals surface area contributed by atoms with Crippen molar-refractivity contribution in [2.75, 3.05) is 32.0 Å². The van der Waals surface area contributed by atoms with Gasteiger partial charge in [0, 0.05) is 23.8 Å². The predicted molar refractivity (Wildman–Crippen MR) is 102 cm³/mol. The molecule has 0 unspecified atom stereocenters. The first-order valence-corrected chi connectivity index (χ1v) is 9.18. The molecule has 0 aromatic heterocycles. The molecule has 0 saturated carbocycles. The van der Waals surface area contributed by atoms with Gasteiger partial charge >= 0.3 is 0 Å². The van der Waals surface area contributed by atoms with Gasteiger partial charge in [-0.15, -0.1) is 0 Å². The third-order valence-corrected chi connectivity index (χ3v) is 4.97. The number of rotatable bonds is 5. The van der Waals surface area contributed by atoms with Crippen LogP contribution in [0.15, 0.2) is 24.3 Å². The number of nitrogens with zero attached hydrogens (tertiary/aromatic N) is 2. The van der Waals surface area contributed by atoms with E-state index in [-0.39, 0.29) is 24.4 Å². The number of piperidine rings is 1. The number of amides is 2. The average Bonchev–Trinajstić information content (AvgIpc) is 2.54. The smallest absolute Gasteiger partial charge is 0.239 e. The van der Waals surface area contributed by atoms with Gasteiger partial charge in [-0.2, -0.15) is 0 Å². The fourth-order valence-corrected chi connectivity index (χ4v) is 3.52. The number of benzene rings is 1. The van der Waals surface area contributed by atoms with E-state index in [1.165, 1.54) is 0 Å². The van der Waals surface area contributed by atoms with Crippen molar-refractivity contribution < 1.29 is 9.59 Å². The van der Waals surface area contributed by atoms with Gasteiger partial charge in [0.05, 0.1) is 12.6 Å². The lowest BCUT2D eigenvalue weighted by molar-refractivity contribution is -0.139. The van der Waals surface area contributed by atoms with Crippen molar-refractivity contribution in [3.8, 4) is 0 Å². The third-order valence-electron chi connectivity index (χ3n) is 4.72. The van der Waals surface area contributed by atoms with E-state index in [2.05, 4.69) is 19.2 Å². The summed E-state index contributed by atoms with van der Waals surface area (Å²) >= 11 is 5.84. The largest absolute Gasteiger partial charge is 0.341 e. The van der Waals surface area contributed by atoms with Crippen LogP contribution in [-0.2, 0) is 9.59 Å². The van der Waals surface area contributed by atoms with E-state index in [0.717, 1.165) is 19.5 Å². The van der Waals surface area contributed by atoms with Gasteiger partial charge in [-0.3, -0.25) is 14.5 Å². The Balaban J connectivity index is 1.88. The van der Waals surface area contributed by atoms with Gasteiger partial charge in [0.15, 0.2) is 0 Å². The molecule has 0 radical (unpaired) electrons. The summed E-state index contributed by atoms with van der Waals surface area (Å²) in [5.41, 5.74) is 0.695. The number of nitrogens with one attached hydrogen (secondary N) is 1. The minimum Gasteiger partial charge on any atom is -0.341 e. The second-order valence-corrected chi connectivity index (χ2v) is 7.77. The highest BCUT2D eigenvalue weighted by Gasteiger charge is 2.30. The number of hydrogen-bond donors (Lipinski definition) is 1. The lowest BCUT2D eigenvalue weighted by Crippen LogP contribution is -2.51. The Morgan fingerprint density at radius 3 is 2.36 bits per heavy atom. The molecule has 138 valence electrons. The van der Waals surface area contributed by atoms with Crippen molar-refractivity contribution in [2.24, 2.45) is 11.8 Å². The van der Waals surface area contributed by atoms with E-state index in [9.17, 15) is 9.59 Å². The van der Waals surface area contributed by atoms with Crippen LogP contribution >= 0.6 is 11.6 Å². The molecule has 1 aromatic rings. The maximum absolute atomic E-state index is 12.7. The zero-order chi connectivity index (χ0) is 18.6. The quantitative estimate of drug-likeness (QED) is 0.872. The molecule has 0 bridgehead atoms. The number of likely N-dealkylation sites (tertiary alicyclic amines) is 1. The zero-order valence-corrected chi connectivity index (χ0v) is 16.2. The minimum absolute atomic E-state index is 0.0974.